The van der Waals surface area contributed by atoms with Gasteiger partial charge >= 0.3 is 5.69 Å². The van der Waals surface area contributed by atoms with Gasteiger partial charge in [0.05, 0.1) is 12.0 Å². The molecule has 1 aromatic heterocycles. The van der Waals surface area contributed by atoms with Gasteiger partial charge in [0, 0.05) is 45.3 Å². The van der Waals surface area contributed by atoms with E-state index in [9.17, 15) is 10.1 Å². The Kier molecular flexibility index (Phi) is 3.84. The van der Waals surface area contributed by atoms with Crippen LogP contribution in [0.3, 0.4) is 0 Å². The van der Waals surface area contributed by atoms with Crippen LogP contribution in [0, 0.1) is 10.1 Å². The van der Waals surface area contributed by atoms with Gasteiger partial charge in [-0.3, -0.25) is 15.0 Å². The van der Waals surface area contributed by atoms with Crippen molar-refractivity contribution in [2.45, 2.75) is 6.04 Å². The zero-order valence-corrected chi connectivity index (χ0v) is 11.9. The molecule has 2 aliphatic heterocycles. The van der Waals surface area contributed by atoms with E-state index in [0.29, 0.717) is 11.9 Å². The summed E-state index contributed by atoms with van der Waals surface area (Å²) < 4.78 is 4.99. The summed E-state index contributed by atoms with van der Waals surface area (Å²) in [7, 11) is 1.38. The van der Waals surface area contributed by atoms with Gasteiger partial charge < -0.3 is 15.0 Å². The average molecular weight is 294 g/mol. The fourth-order valence-electron chi connectivity index (χ4n) is 2.72. The third-order valence-corrected chi connectivity index (χ3v) is 4.04. The molecule has 0 radical (unpaired) electrons. The number of aromatic nitrogens is 2. The third-order valence-electron chi connectivity index (χ3n) is 4.04. The van der Waals surface area contributed by atoms with Gasteiger partial charge in [0.1, 0.15) is 6.33 Å². The number of hydrogen-bond acceptors (Lipinski definition) is 8. The van der Waals surface area contributed by atoms with E-state index in [1.165, 1.54) is 13.4 Å². The number of rotatable bonds is 4. The van der Waals surface area contributed by atoms with Crippen LogP contribution in [0.25, 0.3) is 0 Å². The van der Waals surface area contributed by atoms with E-state index in [2.05, 4.69) is 20.2 Å². The van der Waals surface area contributed by atoms with Crippen LogP contribution in [-0.2, 0) is 0 Å². The standard InChI is InChI=1S/C12H18N6O3/c1-21-12-10(18(19)20)11(14-8-15-12)17-4-2-16(3-5-17)9-6-13-7-9/h8-9,13H,2-7H2,1H3. The minimum atomic E-state index is -0.476. The van der Waals surface area contributed by atoms with Crippen molar-refractivity contribution in [2.24, 2.45) is 0 Å². The first-order valence-electron chi connectivity index (χ1n) is 6.94. The first-order chi connectivity index (χ1) is 10.2. The van der Waals surface area contributed by atoms with E-state index in [0.717, 1.165) is 39.3 Å². The van der Waals surface area contributed by atoms with Crippen molar-refractivity contribution in [2.75, 3.05) is 51.3 Å². The summed E-state index contributed by atoms with van der Waals surface area (Å²) in [5.41, 5.74) is -0.154. The molecule has 114 valence electrons. The predicted octanol–water partition coefficient (Wildman–Crippen LogP) is -0.513. The van der Waals surface area contributed by atoms with Gasteiger partial charge in [-0.25, -0.2) is 4.98 Å². The fraction of sp³-hybridized carbons (Fsp3) is 0.667. The minimum absolute atomic E-state index is 0.00984. The second-order valence-corrected chi connectivity index (χ2v) is 5.15. The Morgan fingerprint density at radius 2 is 2.05 bits per heavy atom. The summed E-state index contributed by atoms with van der Waals surface area (Å²) in [5.74, 6) is 0.355. The molecule has 0 atom stereocenters. The Bertz CT molecular complexity index is 528. The second-order valence-electron chi connectivity index (χ2n) is 5.15. The average Bonchev–Trinajstić information content (AvgIpc) is 2.45. The molecule has 1 N–H and O–H groups in total. The Morgan fingerprint density at radius 3 is 2.57 bits per heavy atom. The monoisotopic (exact) mass is 294 g/mol. The molecule has 0 unspecified atom stereocenters. The van der Waals surface area contributed by atoms with Crippen LogP contribution in [0.2, 0.25) is 0 Å². The number of nitrogens with zero attached hydrogens (tertiary/aromatic N) is 5. The van der Waals surface area contributed by atoms with E-state index in [1.54, 1.807) is 0 Å². The lowest BCUT2D eigenvalue weighted by Gasteiger charge is -2.43. The largest absolute Gasteiger partial charge is 0.476 e. The first-order valence-corrected chi connectivity index (χ1v) is 6.94. The van der Waals surface area contributed by atoms with Crippen LogP contribution >= 0.6 is 0 Å². The summed E-state index contributed by atoms with van der Waals surface area (Å²) in [6.45, 7) is 5.27. The molecule has 9 heteroatoms. The molecule has 0 spiro atoms. The Morgan fingerprint density at radius 1 is 1.33 bits per heavy atom. The summed E-state index contributed by atoms with van der Waals surface area (Å²) in [6, 6.07) is 0.599. The van der Waals surface area contributed by atoms with Crippen molar-refractivity contribution >= 4 is 11.5 Å². The molecule has 1 aromatic rings. The lowest BCUT2D eigenvalue weighted by molar-refractivity contribution is -0.385. The first kappa shape index (κ1) is 14.0. The number of hydrogen-bond donors (Lipinski definition) is 1. The van der Waals surface area contributed by atoms with Crippen molar-refractivity contribution in [3.05, 3.63) is 16.4 Å². The van der Waals surface area contributed by atoms with Crippen LogP contribution in [0.15, 0.2) is 6.33 Å². The number of piperazine rings is 1. The van der Waals surface area contributed by atoms with E-state index in [4.69, 9.17) is 4.74 Å². The Labute approximate surface area is 122 Å². The fourth-order valence-corrected chi connectivity index (χ4v) is 2.72. The van der Waals surface area contributed by atoms with Gasteiger partial charge in [-0.15, -0.1) is 0 Å². The molecule has 0 amide bonds. The number of nitrogens with one attached hydrogen (secondary N) is 1. The van der Waals surface area contributed by atoms with Crippen LogP contribution in [0.1, 0.15) is 0 Å². The molecule has 0 aliphatic carbocycles. The van der Waals surface area contributed by atoms with Crippen LogP contribution < -0.4 is 15.0 Å². The Hall–Kier alpha value is -2.00. The highest BCUT2D eigenvalue weighted by Crippen LogP contribution is 2.33. The van der Waals surface area contributed by atoms with Crippen molar-refractivity contribution in [1.29, 1.82) is 0 Å². The molecular weight excluding hydrogens is 276 g/mol. The quantitative estimate of drug-likeness (QED) is 0.586. The minimum Gasteiger partial charge on any atom is -0.476 e. The predicted molar refractivity (Wildman–Crippen MR) is 75.7 cm³/mol. The van der Waals surface area contributed by atoms with Crippen LogP contribution in [-0.4, -0.2) is 72.2 Å². The van der Waals surface area contributed by atoms with Crippen LogP contribution in [0.5, 0.6) is 5.88 Å². The van der Waals surface area contributed by atoms with E-state index >= 15 is 0 Å². The molecule has 0 saturated carbocycles. The van der Waals surface area contributed by atoms with Gasteiger partial charge in [0.2, 0.25) is 5.82 Å². The SMILES string of the molecule is COc1ncnc(N2CCN(C3CNC3)CC2)c1[N+](=O)[O-]. The van der Waals surface area contributed by atoms with Gasteiger partial charge in [-0.05, 0) is 0 Å². The van der Waals surface area contributed by atoms with E-state index < -0.39 is 4.92 Å². The zero-order valence-electron chi connectivity index (χ0n) is 11.9. The van der Waals surface area contributed by atoms with Crippen LogP contribution in [0.4, 0.5) is 11.5 Å². The lowest BCUT2D eigenvalue weighted by atomic mass is 10.1. The highest BCUT2D eigenvalue weighted by molar-refractivity contribution is 5.62. The number of methoxy groups -OCH3 is 1. The molecule has 3 rings (SSSR count). The maximum atomic E-state index is 11.3. The van der Waals surface area contributed by atoms with Gasteiger partial charge in [0.15, 0.2) is 0 Å². The summed E-state index contributed by atoms with van der Waals surface area (Å²) in [4.78, 5) is 23.1. The summed E-state index contributed by atoms with van der Waals surface area (Å²) in [6.07, 6.45) is 1.31. The molecule has 2 aliphatic rings. The zero-order chi connectivity index (χ0) is 14.8. The maximum absolute atomic E-state index is 11.3. The summed E-state index contributed by atoms with van der Waals surface area (Å²) >= 11 is 0. The molecule has 9 nitrogen and oxygen atoms in total. The van der Waals surface area contributed by atoms with Crippen molar-refractivity contribution in [3.8, 4) is 5.88 Å². The highest BCUT2D eigenvalue weighted by Gasteiger charge is 2.32. The third kappa shape index (κ3) is 2.61. The Balaban J connectivity index is 1.76. The highest BCUT2D eigenvalue weighted by atomic mass is 16.6. The van der Waals surface area contributed by atoms with E-state index in [1.807, 2.05) is 4.90 Å². The topological polar surface area (TPSA) is 96.7 Å². The second kappa shape index (κ2) is 5.78. The molecule has 0 aromatic carbocycles. The molecule has 21 heavy (non-hydrogen) atoms. The molecule has 2 fully saturated rings. The summed E-state index contributed by atoms with van der Waals surface area (Å²) in [5, 5.41) is 14.5. The molecule has 0 bridgehead atoms. The van der Waals surface area contributed by atoms with Crippen molar-refractivity contribution < 1.29 is 9.66 Å². The molecular formula is C12H18N6O3. The van der Waals surface area contributed by atoms with Gasteiger partial charge in [0.25, 0.3) is 5.88 Å². The van der Waals surface area contributed by atoms with Crippen molar-refractivity contribution in [1.82, 2.24) is 20.2 Å². The number of nitro groups is 1. The van der Waals surface area contributed by atoms with Gasteiger partial charge in [-0.1, -0.05) is 0 Å². The number of anilines is 1. The number of ether oxygens (including phenoxy) is 1. The lowest BCUT2D eigenvalue weighted by Crippen LogP contribution is -2.61. The normalized spacial score (nSPS) is 20.1. The van der Waals surface area contributed by atoms with Gasteiger partial charge in [-0.2, -0.15) is 4.98 Å². The van der Waals surface area contributed by atoms with Crippen molar-refractivity contribution in [3.63, 3.8) is 0 Å². The molecule has 3 heterocycles. The smallest absolute Gasteiger partial charge is 0.372 e. The van der Waals surface area contributed by atoms with E-state index in [-0.39, 0.29) is 11.6 Å². The maximum Gasteiger partial charge on any atom is 0.372 e. The molecule has 2 saturated heterocycles.